The second-order valence-corrected chi connectivity index (χ2v) is 9.98. The van der Waals surface area contributed by atoms with Crippen LogP contribution in [0, 0.1) is 20.2 Å². The lowest BCUT2D eigenvalue weighted by molar-refractivity contribution is -0.385. The second kappa shape index (κ2) is 10.4. The van der Waals surface area contributed by atoms with Crippen LogP contribution in [0.4, 0.5) is 11.4 Å². The first-order valence-electron chi connectivity index (χ1n) is 10.8. The van der Waals surface area contributed by atoms with E-state index in [-0.39, 0.29) is 22.9 Å². The smallest absolute Gasteiger partial charge is 0.343 e. The number of esters is 2. The molecule has 0 saturated carbocycles. The van der Waals surface area contributed by atoms with E-state index in [4.69, 9.17) is 9.47 Å². The van der Waals surface area contributed by atoms with E-state index in [9.17, 15) is 29.8 Å². The molecule has 10 nitrogen and oxygen atoms in total. The standard InChI is InChI=1S/C26H14N2O8S2/c29-25(35-19-7-3-17(4-8-19)27(31)32)15-1-11-21-23(13-15)38-22-12-2-16(14-24(22)37-21)26(30)36-20-9-5-18(6-10-20)28(33)34/h1-14H. The Morgan fingerprint density at radius 2 is 0.921 bits per heavy atom. The van der Waals surface area contributed by atoms with Gasteiger partial charge in [-0.2, -0.15) is 0 Å². The molecule has 0 spiro atoms. The summed E-state index contributed by atoms with van der Waals surface area (Å²) in [7, 11) is 0. The van der Waals surface area contributed by atoms with E-state index >= 15 is 0 Å². The molecule has 0 radical (unpaired) electrons. The average Bonchev–Trinajstić information content (AvgIpc) is 2.91. The molecule has 1 heterocycles. The summed E-state index contributed by atoms with van der Waals surface area (Å²) in [5.74, 6) is -0.803. The summed E-state index contributed by atoms with van der Waals surface area (Å²) in [4.78, 5) is 49.2. The molecule has 0 aliphatic carbocycles. The Hall–Kier alpha value is -4.68. The molecule has 4 aromatic carbocycles. The first-order valence-corrected chi connectivity index (χ1v) is 12.5. The maximum absolute atomic E-state index is 12.6. The van der Waals surface area contributed by atoms with Crippen molar-refractivity contribution in [3.8, 4) is 11.5 Å². The van der Waals surface area contributed by atoms with Crippen molar-refractivity contribution in [1.29, 1.82) is 0 Å². The van der Waals surface area contributed by atoms with Gasteiger partial charge in [-0.1, -0.05) is 23.5 Å². The maximum Gasteiger partial charge on any atom is 0.343 e. The van der Waals surface area contributed by atoms with E-state index in [1.165, 1.54) is 72.1 Å². The van der Waals surface area contributed by atoms with Gasteiger partial charge < -0.3 is 9.47 Å². The molecule has 4 aromatic rings. The number of nitro benzene ring substituents is 2. The summed E-state index contributed by atoms with van der Waals surface area (Å²) in [6.45, 7) is 0. The molecule has 5 rings (SSSR count). The van der Waals surface area contributed by atoms with Gasteiger partial charge in [0.1, 0.15) is 11.5 Å². The van der Waals surface area contributed by atoms with Crippen LogP contribution in [0.15, 0.2) is 105 Å². The van der Waals surface area contributed by atoms with Gasteiger partial charge >= 0.3 is 11.9 Å². The zero-order valence-electron chi connectivity index (χ0n) is 19.1. The van der Waals surface area contributed by atoms with Crippen LogP contribution in [0.5, 0.6) is 11.5 Å². The molecule has 0 N–H and O–H groups in total. The SMILES string of the molecule is O=C(Oc1ccc([N+](=O)[O-])cc1)c1ccc2c(c1)Sc1ccc(C(=O)Oc3ccc([N+](=O)[O-])cc3)cc1S2. The number of benzene rings is 4. The molecule has 0 amide bonds. The van der Waals surface area contributed by atoms with Crippen molar-refractivity contribution >= 4 is 46.8 Å². The lowest BCUT2D eigenvalue weighted by atomic mass is 10.2. The van der Waals surface area contributed by atoms with Crippen molar-refractivity contribution in [2.24, 2.45) is 0 Å². The fourth-order valence-corrected chi connectivity index (χ4v) is 5.71. The monoisotopic (exact) mass is 546 g/mol. The predicted octanol–water partition coefficient (Wildman–Crippen LogP) is 6.56. The Balaban J connectivity index is 1.27. The van der Waals surface area contributed by atoms with Gasteiger partial charge in [-0.3, -0.25) is 20.2 Å². The lowest BCUT2D eigenvalue weighted by Gasteiger charge is -2.19. The Bertz CT molecular complexity index is 1480. The molecule has 38 heavy (non-hydrogen) atoms. The Labute approximate surface area is 222 Å². The predicted molar refractivity (Wildman–Crippen MR) is 137 cm³/mol. The van der Waals surface area contributed by atoms with E-state index < -0.39 is 21.8 Å². The van der Waals surface area contributed by atoms with Crippen LogP contribution in [-0.2, 0) is 0 Å². The highest BCUT2D eigenvalue weighted by molar-refractivity contribution is 8.05. The van der Waals surface area contributed by atoms with Gasteiger partial charge in [0.05, 0.1) is 21.0 Å². The summed E-state index contributed by atoms with van der Waals surface area (Å²) in [6.07, 6.45) is 0. The third kappa shape index (κ3) is 5.36. The van der Waals surface area contributed by atoms with Gasteiger partial charge in [-0.15, -0.1) is 0 Å². The van der Waals surface area contributed by atoms with Crippen molar-refractivity contribution in [3.05, 3.63) is 116 Å². The second-order valence-electron chi connectivity index (χ2n) is 7.81. The number of carbonyl (C=O) groups excluding carboxylic acids is 2. The number of ether oxygens (including phenoxy) is 2. The highest BCUT2D eigenvalue weighted by Gasteiger charge is 2.22. The lowest BCUT2D eigenvalue weighted by Crippen LogP contribution is -2.10. The van der Waals surface area contributed by atoms with Crippen molar-refractivity contribution < 1.29 is 28.9 Å². The molecule has 0 fully saturated rings. The molecular formula is C26H14N2O8S2. The molecular weight excluding hydrogens is 532 g/mol. The number of rotatable bonds is 6. The van der Waals surface area contributed by atoms with Crippen LogP contribution < -0.4 is 9.47 Å². The zero-order valence-corrected chi connectivity index (χ0v) is 20.7. The van der Waals surface area contributed by atoms with Gasteiger partial charge in [0.25, 0.3) is 11.4 Å². The third-order valence-corrected chi connectivity index (χ3v) is 7.84. The fourth-order valence-electron chi connectivity index (χ4n) is 3.44. The van der Waals surface area contributed by atoms with Crippen molar-refractivity contribution in [3.63, 3.8) is 0 Å². The molecule has 188 valence electrons. The van der Waals surface area contributed by atoms with Crippen LogP contribution >= 0.6 is 23.5 Å². The number of non-ortho nitro benzene ring substituents is 2. The molecule has 0 atom stereocenters. The number of nitro groups is 2. The molecule has 0 saturated heterocycles. The van der Waals surface area contributed by atoms with Crippen molar-refractivity contribution in [2.45, 2.75) is 19.6 Å². The van der Waals surface area contributed by atoms with E-state index in [2.05, 4.69) is 0 Å². The molecule has 1 aliphatic rings. The largest absolute Gasteiger partial charge is 0.423 e. The van der Waals surface area contributed by atoms with Gasteiger partial charge in [0.2, 0.25) is 0 Å². The van der Waals surface area contributed by atoms with Crippen molar-refractivity contribution in [1.82, 2.24) is 0 Å². The normalized spacial score (nSPS) is 11.6. The minimum atomic E-state index is -0.595. The number of fused-ring (bicyclic) bond motifs is 2. The van der Waals surface area contributed by atoms with E-state index in [0.29, 0.717) is 11.1 Å². The zero-order chi connectivity index (χ0) is 26.8. The Morgan fingerprint density at radius 1 is 0.553 bits per heavy atom. The van der Waals surface area contributed by atoms with Crippen LogP contribution in [0.1, 0.15) is 20.7 Å². The summed E-state index contributed by atoms with van der Waals surface area (Å²) in [5.41, 5.74) is 0.436. The summed E-state index contributed by atoms with van der Waals surface area (Å²) in [6, 6.07) is 20.7. The van der Waals surface area contributed by atoms with Crippen LogP contribution in [0.3, 0.4) is 0 Å². The number of nitrogens with zero attached hydrogens (tertiary/aromatic N) is 2. The van der Waals surface area contributed by atoms with E-state index in [0.717, 1.165) is 19.6 Å². The first kappa shape index (κ1) is 25.0. The minimum absolute atomic E-state index is 0.103. The first-order chi connectivity index (χ1) is 18.3. The molecule has 0 bridgehead atoms. The highest BCUT2D eigenvalue weighted by Crippen LogP contribution is 2.49. The van der Waals surface area contributed by atoms with Crippen LogP contribution in [0.25, 0.3) is 0 Å². The van der Waals surface area contributed by atoms with Crippen LogP contribution in [-0.4, -0.2) is 21.8 Å². The highest BCUT2D eigenvalue weighted by atomic mass is 32.2. The van der Waals surface area contributed by atoms with Gasteiger partial charge in [0.15, 0.2) is 0 Å². The Morgan fingerprint density at radius 3 is 1.26 bits per heavy atom. The quantitative estimate of drug-likeness (QED) is 0.0995. The molecule has 0 unspecified atom stereocenters. The molecule has 12 heteroatoms. The van der Waals surface area contributed by atoms with Gasteiger partial charge in [0, 0.05) is 43.8 Å². The molecule has 1 aliphatic heterocycles. The fraction of sp³-hybridized carbons (Fsp3) is 0. The van der Waals surface area contributed by atoms with Gasteiger partial charge in [-0.25, -0.2) is 9.59 Å². The summed E-state index contributed by atoms with van der Waals surface area (Å²) < 4.78 is 10.7. The molecule has 0 aromatic heterocycles. The maximum atomic E-state index is 12.6. The van der Waals surface area contributed by atoms with E-state index in [1.807, 2.05) is 0 Å². The summed E-state index contributed by atoms with van der Waals surface area (Å²) in [5, 5.41) is 21.6. The number of hydrogen-bond acceptors (Lipinski definition) is 10. The number of carbonyl (C=O) groups is 2. The number of hydrogen-bond donors (Lipinski definition) is 0. The summed E-state index contributed by atoms with van der Waals surface area (Å²) >= 11 is 2.87. The average molecular weight is 547 g/mol. The third-order valence-electron chi connectivity index (χ3n) is 5.31. The van der Waals surface area contributed by atoms with Crippen molar-refractivity contribution in [2.75, 3.05) is 0 Å². The Kier molecular flexibility index (Phi) is 6.81. The van der Waals surface area contributed by atoms with Gasteiger partial charge in [-0.05, 0) is 60.7 Å². The van der Waals surface area contributed by atoms with E-state index in [1.54, 1.807) is 36.4 Å². The topological polar surface area (TPSA) is 139 Å². The van der Waals surface area contributed by atoms with Crippen LogP contribution in [0.2, 0.25) is 0 Å². The minimum Gasteiger partial charge on any atom is -0.423 e.